The van der Waals surface area contributed by atoms with Crippen LogP contribution in [0.1, 0.15) is 44.2 Å². The van der Waals surface area contributed by atoms with Crippen molar-refractivity contribution in [3.05, 3.63) is 11.9 Å². The van der Waals surface area contributed by atoms with E-state index >= 15 is 0 Å². The van der Waals surface area contributed by atoms with Crippen LogP contribution in [0.4, 0.5) is 0 Å². The predicted molar refractivity (Wildman–Crippen MR) is 127 cm³/mol. The van der Waals surface area contributed by atoms with Gasteiger partial charge in [-0.1, -0.05) is 5.21 Å². The van der Waals surface area contributed by atoms with Crippen LogP contribution >= 0.6 is 0 Å². The SMILES string of the molecule is O=C(O)CCOCC(COCCC(=O)O)(COCCC(=O)O)NC(=O)CCc1cnnn1CCCC1CO1. The molecule has 1 amide bonds. The van der Waals surface area contributed by atoms with Crippen LogP contribution in [0.15, 0.2) is 6.20 Å². The van der Waals surface area contributed by atoms with Gasteiger partial charge in [0, 0.05) is 13.0 Å². The Morgan fingerprint density at radius 1 is 0.947 bits per heavy atom. The lowest BCUT2D eigenvalue weighted by atomic mass is 10.0. The molecule has 4 N–H and O–H groups in total. The lowest BCUT2D eigenvalue weighted by Gasteiger charge is -2.34. The lowest BCUT2D eigenvalue weighted by Crippen LogP contribution is -2.58. The van der Waals surface area contributed by atoms with Crippen LogP contribution in [0.2, 0.25) is 0 Å². The van der Waals surface area contributed by atoms with E-state index in [1.54, 1.807) is 10.9 Å². The summed E-state index contributed by atoms with van der Waals surface area (Å²) in [5.74, 6) is -3.59. The van der Waals surface area contributed by atoms with Gasteiger partial charge in [-0.3, -0.25) is 19.2 Å². The Morgan fingerprint density at radius 2 is 1.47 bits per heavy atom. The standard InChI is InChI=1S/C23H36N4O11/c28-19(4-3-17-12-24-26-27(17)8-1-2-18-13-38-18)25-23(14-35-9-5-20(29)30,15-36-10-6-21(31)32)16-37-11-7-22(33)34/h12,18H,1-11,13-16H2,(H,25,28)(H,29,30)(H,31,32)(H,33,34). The minimum absolute atomic E-state index is 0.0558. The van der Waals surface area contributed by atoms with Gasteiger partial charge in [-0.15, -0.1) is 5.10 Å². The number of rotatable bonds is 23. The summed E-state index contributed by atoms with van der Waals surface area (Å²) in [6.45, 7) is 0.397. The Kier molecular flexibility index (Phi) is 13.6. The van der Waals surface area contributed by atoms with Gasteiger partial charge in [-0.2, -0.15) is 0 Å². The number of hydrogen-bond acceptors (Lipinski definition) is 10. The van der Waals surface area contributed by atoms with Crippen LogP contribution < -0.4 is 5.32 Å². The third kappa shape index (κ3) is 13.4. The van der Waals surface area contributed by atoms with Gasteiger partial charge in [0.15, 0.2) is 0 Å². The maximum absolute atomic E-state index is 13.0. The largest absolute Gasteiger partial charge is 0.481 e. The number of aliphatic carboxylic acids is 3. The summed E-state index contributed by atoms with van der Waals surface area (Å²) >= 11 is 0. The summed E-state index contributed by atoms with van der Waals surface area (Å²) in [7, 11) is 0. The van der Waals surface area contributed by atoms with E-state index in [0.29, 0.717) is 19.1 Å². The molecule has 1 aromatic rings. The molecule has 214 valence electrons. The topological polar surface area (TPSA) is 212 Å². The highest BCUT2D eigenvalue weighted by Crippen LogP contribution is 2.16. The van der Waals surface area contributed by atoms with Crippen LogP contribution in [0, 0.1) is 0 Å². The van der Waals surface area contributed by atoms with Crippen molar-refractivity contribution >= 4 is 23.8 Å². The Bertz CT molecular complexity index is 849. The minimum Gasteiger partial charge on any atom is -0.481 e. The summed E-state index contributed by atoms with van der Waals surface area (Å²) in [6, 6.07) is 0. The Hall–Kier alpha value is -3.14. The number of carbonyl (C=O) groups excluding carboxylic acids is 1. The van der Waals surface area contributed by atoms with Gasteiger partial charge in [-0.25, -0.2) is 4.68 Å². The predicted octanol–water partition coefficient (Wildman–Crippen LogP) is -0.281. The molecule has 0 aliphatic carbocycles. The zero-order valence-corrected chi connectivity index (χ0v) is 21.2. The zero-order chi connectivity index (χ0) is 27.8. The van der Waals surface area contributed by atoms with Crippen molar-refractivity contribution in [1.82, 2.24) is 20.3 Å². The third-order valence-electron chi connectivity index (χ3n) is 5.52. The average molecular weight is 545 g/mol. The molecule has 0 bridgehead atoms. The molecule has 1 aliphatic rings. The second-order valence-electron chi connectivity index (χ2n) is 8.96. The second kappa shape index (κ2) is 16.7. The number of hydrogen-bond donors (Lipinski definition) is 4. The molecule has 2 heterocycles. The van der Waals surface area contributed by atoms with Crippen LogP contribution in [0.5, 0.6) is 0 Å². The number of ether oxygens (including phenoxy) is 4. The summed E-state index contributed by atoms with van der Waals surface area (Å²) in [4.78, 5) is 45.5. The molecule has 2 rings (SSSR count). The Morgan fingerprint density at radius 3 is 1.95 bits per heavy atom. The lowest BCUT2D eigenvalue weighted by molar-refractivity contribution is -0.140. The van der Waals surface area contributed by atoms with E-state index < -0.39 is 29.4 Å². The van der Waals surface area contributed by atoms with E-state index in [0.717, 1.165) is 25.1 Å². The first-order valence-electron chi connectivity index (χ1n) is 12.4. The molecular formula is C23H36N4O11. The summed E-state index contributed by atoms with van der Waals surface area (Å²) < 4.78 is 23.4. The molecule has 1 fully saturated rings. The van der Waals surface area contributed by atoms with Crippen molar-refractivity contribution in [2.45, 2.75) is 63.1 Å². The molecular weight excluding hydrogens is 508 g/mol. The molecule has 1 saturated heterocycles. The van der Waals surface area contributed by atoms with Crippen molar-refractivity contribution < 1.29 is 53.4 Å². The van der Waals surface area contributed by atoms with Gasteiger partial charge >= 0.3 is 17.9 Å². The smallest absolute Gasteiger partial charge is 0.305 e. The van der Waals surface area contributed by atoms with Gasteiger partial charge < -0.3 is 39.6 Å². The molecule has 1 unspecified atom stereocenters. The first-order valence-corrected chi connectivity index (χ1v) is 12.4. The molecule has 1 aromatic heterocycles. The number of nitrogens with one attached hydrogen (secondary N) is 1. The van der Waals surface area contributed by atoms with Gasteiger partial charge in [0.1, 0.15) is 5.54 Å². The Balaban J connectivity index is 2.00. The van der Waals surface area contributed by atoms with Crippen molar-refractivity contribution in [2.75, 3.05) is 46.2 Å². The van der Waals surface area contributed by atoms with Crippen molar-refractivity contribution in [3.8, 4) is 0 Å². The van der Waals surface area contributed by atoms with Gasteiger partial charge in [0.05, 0.1) is 83.5 Å². The van der Waals surface area contributed by atoms with Gasteiger partial charge in [-0.05, 0) is 19.3 Å². The van der Waals surface area contributed by atoms with E-state index in [-0.39, 0.29) is 65.3 Å². The first kappa shape index (κ1) is 31.1. The maximum Gasteiger partial charge on any atom is 0.305 e. The highest BCUT2D eigenvalue weighted by Gasteiger charge is 2.34. The maximum atomic E-state index is 13.0. The van der Waals surface area contributed by atoms with Gasteiger partial charge in [0.2, 0.25) is 5.91 Å². The monoisotopic (exact) mass is 544 g/mol. The number of carboxylic acid groups (broad SMARTS) is 3. The number of aromatic nitrogens is 3. The molecule has 15 heteroatoms. The quantitative estimate of drug-likeness (QED) is 0.103. The average Bonchev–Trinajstić information content (AvgIpc) is 3.57. The number of amides is 1. The molecule has 0 spiro atoms. The van der Waals surface area contributed by atoms with Crippen molar-refractivity contribution in [3.63, 3.8) is 0 Å². The van der Waals surface area contributed by atoms with Crippen LogP contribution in [0.25, 0.3) is 0 Å². The van der Waals surface area contributed by atoms with E-state index in [2.05, 4.69) is 15.6 Å². The van der Waals surface area contributed by atoms with E-state index in [9.17, 15) is 19.2 Å². The summed E-state index contributed by atoms with van der Waals surface area (Å²) in [6.07, 6.45) is 3.28. The first-order chi connectivity index (χ1) is 18.2. The molecule has 38 heavy (non-hydrogen) atoms. The third-order valence-corrected chi connectivity index (χ3v) is 5.52. The molecule has 0 aromatic carbocycles. The molecule has 0 saturated carbocycles. The number of carboxylic acids is 3. The van der Waals surface area contributed by atoms with E-state index in [4.69, 9.17) is 34.3 Å². The van der Waals surface area contributed by atoms with Crippen molar-refractivity contribution in [2.24, 2.45) is 0 Å². The normalized spacial score (nSPS) is 14.8. The molecule has 1 atom stereocenters. The highest BCUT2D eigenvalue weighted by atomic mass is 16.6. The fourth-order valence-corrected chi connectivity index (χ4v) is 3.48. The van der Waals surface area contributed by atoms with Crippen LogP contribution in [0.3, 0.4) is 0 Å². The minimum atomic E-state index is -1.31. The molecule has 1 aliphatic heterocycles. The second-order valence-corrected chi connectivity index (χ2v) is 8.96. The highest BCUT2D eigenvalue weighted by molar-refractivity contribution is 5.77. The summed E-state index contributed by atoms with van der Waals surface area (Å²) in [5, 5.41) is 37.4. The Labute approximate surface area is 219 Å². The number of nitrogens with zero attached hydrogens (tertiary/aromatic N) is 3. The van der Waals surface area contributed by atoms with E-state index in [1.165, 1.54) is 0 Å². The van der Waals surface area contributed by atoms with Crippen LogP contribution in [-0.2, 0) is 51.1 Å². The molecule has 0 radical (unpaired) electrons. The van der Waals surface area contributed by atoms with Crippen LogP contribution in [-0.4, -0.2) is 112 Å². The fraction of sp³-hybridized carbons (Fsp3) is 0.739. The number of aryl methyl sites for hydroxylation is 2. The zero-order valence-electron chi connectivity index (χ0n) is 21.2. The number of carbonyl (C=O) groups is 4. The van der Waals surface area contributed by atoms with E-state index in [1.807, 2.05) is 0 Å². The molecule has 15 nitrogen and oxygen atoms in total. The number of epoxide rings is 1. The van der Waals surface area contributed by atoms with Gasteiger partial charge in [0.25, 0.3) is 0 Å². The fourth-order valence-electron chi connectivity index (χ4n) is 3.48. The van der Waals surface area contributed by atoms with Crippen molar-refractivity contribution in [1.29, 1.82) is 0 Å². The summed E-state index contributed by atoms with van der Waals surface area (Å²) in [5.41, 5.74) is -0.536.